The Labute approximate surface area is 93.5 Å². The molecule has 2 aliphatic rings. The molecule has 2 bridgehead atoms. The molecule has 0 aromatic heterocycles. The lowest BCUT2D eigenvalue weighted by Gasteiger charge is -2.26. The van der Waals surface area contributed by atoms with Crippen molar-refractivity contribution in [3.8, 4) is 0 Å². The van der Waals surface area contributed by atoms with Gasteiger partial charge in [-0.1, -0.05) is 20.3 Å². The van der Waals surface area contributed by atoms with Gasteiger partial charge in [0.05, 0.1) is 6.61 Å². The molecule has 0 aromatic rings. The van der Waals surface area contributed by atoms with E-state index in [0.29, 0.717) is 12.0 Å². The summed E-state index contributed by atoms with van der Waals surface area (Å²) in [5.74, 6) is 3.47. The summed E-state index contributed by atoms with van der Waals surface area (Å²) in [6, 6.07) is 0.295. The molecule has 0 heterocycles. The standard InChI is InChI=1S/C13H25NO/c1-9(2)13(8-15)14-7-12-6-10-3-4-11(12)5-10/h9-15H,3-8H2,1-2H3/t10?,11?,12?,13-/m1/s1. The van der Waals surface area contributed by atoms with Crippen LogP contribution >= 0.6 is 0 Å². The predicted octanol–water partition coefficient (Wildman–Crippen LogP) is 2.03. The highest BCUT2D eigenvalue weighted by molar-refractivity contribution is 4.91. The minimum atomic E-state index is 0.276. The van der Waals surface area contributed by atoms with Crippen molar-refractivity contribution in [1.82, 2.24) is 5.32 Å². The van der Waals surface area contributed by atoms with Gasteiger partial charge in [-0.15, -0.1) is 0 Å². The van der Waals surface area contributed by atoms with Gasteiger partial charge < -0.3 is 10.4 Å². The molecular weight excluding hydrogens is 186 g/mol. The maximum absolute atomic E-state index is 9.24. The Morgan fingerprint density at radius 2 is 2.07 bits per heavy atom. The second-order valence-electron chi connectivity index (χ2n) is 5.88. The molecule has 15 heavy (non-hydrogen) atoms. The fourth-order valence-electron chi connectivity index (χ4n) is 3.44. The number of hydrogen-bond acceptors (Lipinski definition) is 2. The van der Waals surface area contributed by atoms with Gasteiger partial charge in [0.1, 0.15) is 0 Å². The smallest absolute Gasteiger partial charge is 0.0587 e. The summed E-state index contributed by atoms with van der Waals surface area (Å²) in [4.78, 5) is 0. The molecule has 2 saturated carbocycles. The first-order valence-corrected chi connectivity index (χ1v) is 6.55. The highest BCUT2D eigenvalue weighted by atomic mass is 16.3. The van der Waals surface area contributed by atoms with E-state index >= 15 is 0 Å². The van der Waals surface area contributed by atoms with Crippen LogP contribution in [0.3, 0.4) is 0 Å². The second-order valence-corrected chi connectivity index (χ2v) is 5.88. The molecule has 2 heteroatoms. The minimum absolute atomic E-state index is 0.276. The van der Waals surface area contributed by atoms with Gasteiger partial charge in [-0.05, 0) is 49.5 Å². The third kappa shape index (κ3) is 2.54. The summed E-state index contributed by atoms with van der Waals surface area (Å²) in [5, 5.41) is 12.8. The van der Waals surface area contributed by atoms with Crippen LogP contribution in [0.2, 0.25) is 0 Å². The number of hydrogen-bond donors (Lipinski definition) is 2. The number of fused-ring (bicyclic) bond motifs is 2. The summed E-state index contributed by atoms with van der Waals surface area (Å²) in [6.45, 7) is 5.76. The molecule has 88 valence electrons. The van der Waals surface area contributed by atoms with Crippen molar-refractivity contribution < 1.29 is 5.11 Å². The molecule has 0 aromatic carbocycles. The van der Waals surface area contributed by atoms with E-state index < -0.39 is 0 Å². The predicted molar refractivity (Wildman–Crippen MR) is 62.7 cm³/mol. The first-order valence-electron chi connectivity index (χ1n) is 6.55. The van der Waals surface area contributed by atoms with Crippen LogP contribution in [-0.2, 0) is 0 Å². The van der Waals surface area contributed by atoms with Crippen LogP contribution in [-0.4, -0.2) is 24.3 Å². The van der Waals surface area contributed by atoms with Gasteiger partial charge in [0, 0.05) is 6.04 Å². The van der Waals surface area contributed by atoms with Gasteiger partial charge >= 0.3 is 0 Å². The van der Waals surface area contributed by atoms with Gasteiger partial charge in [0.25, 0.3) is 0 Å². The summed E-state index contributed by atoms with van der Waals surface area (Å²) < 4.78 is 0. The van der Waals surface area contributed by atoms with E-state index in [-0.39, 0.29) is 6.61 Å². The monoisotopic (exact) mass is 211 g/mol. The lowest BCUT2D eigenvalue weighted by molar-refractivity contribution is 0.197. The Balaban J connectivity index is 1.73. The molecule has 0 radical (unpaired) electrons. The van der Waals surface area contributed by atoms with Crippen LogP contribution in [0, 0.1) is 23.7 Å². The Morgan fingerprint density at radius 1 is 1.27 bits per heavy atom. The lowest BCUT2D eigenvalue weighted by atomic mass is 9.88. The molecule has 0 spiro atoms. The fourth-order valence-corrected chi connectivity index (χ4v) is 3.44. The van der Waals surface area contributed by atoms with Crippen molar-refractivity contribution in [2.75, 3.05) is 13.2 Å². The maximum Gasteiger partial charge on any atom is 0.0587 e. The van der Waals surface area contributed by atoms with Crippen molar-refractivity contribution in [3.63, 3.8) is 0 Å². The molecule has 2 nitrogen and oxygen atoms in total. The SMILES string of the molecule is CC(C)[C@@H](CO)NCC1CC2CCC1C2. The number of aliphatic hydroxyl groups excluding tert-OH is 1. The Hall–Kier alpha value is -0.0800. The van der Waals surface area contributed by atoms with Crippen LogP contribution in [0.5, 0.6) is 0 Å². The van der Waals surface area contributed by atoms with Crippen molar-refractivity contribution in [1.29, 1.82) is 0 Å². The third-order valence-corrected chi connectivity index (χ3v) is 4.53. The van der Waals surface area contributed by atoms with Crippen LogP contribution in [0.15, 0.2) is 0 Å². The van der Waals surface area contributed by atoms with E-state index in [1.807, 2.05) is 0 Å². The van der Waals surface area contributed by atoms with Gasteiger partial charge in [0.2, 0.25) is 0 Å². The second kappa shape index (κ2) is 4.84. The fraction of sp³-hybridized carbons (Fsp3) is 1.00. The molecule has 0 aliphatic heterocycles. The molecule has 0 amide bonds. The van der Waals surface area contributed by atoms with E-state index in [9.17, 15) is 5.11 Å². The summed E-state index contributed by atoms with van der Waals surface area (Å²) >= 11 is 0. The van der Waals surface area contributed by atoms with E-state index in [0.717, 1.165) is 24.3 Å². The van der Waals surface area contributed by atoms with Crippen LogP contribution < -0.4 is 5.32 Å². The topological polar surface area (TPSA) is 32.3 Å². The van der Waals surface area contributed by atoms with E-state index in [1.54, 1.807) is 0 Å². The quantitative estimate of drug-likeness (QED) is 0.729. The number of nitrogens with one attached hydrogen (secondary N) is 1. The van der Waals surface area contributed by atoms with Crippen LogP contribution in [0.4, 0.5) is 0 Å². The van der Waals surface area contributed by atoms with E-state index in [4.69, 9.17) is 0 Å². The zero-order valence-electron chi connectivity index (χ0n) is 10.1. The molecular formula is C13H25NO. The van der Waals surface area contributed by atoms with E-state index in [1.165, 1.54) is 25.7 Å². The zero-order valence-corrected chi connectivity index (χ0v) is 10.1. The van der Waals surface area contributed by atoms with Crippen LogP contribution in [0.25, 0.3) is 0 Å². The van der Waals surface area contributed by atoms with Crippen molar-refractivity contribution in [2.24, 2.45) is 23.7 Å². The molecule has 2 fully saturated rings. The number of aliphatic hydroxyl groups is 1. The zero-order chi connectivity index (χ0) is 10.8. The molecule has 0 saturated heterocycles. The maximum atomic E-state index is 9.24. The Bertz CT molecular complexity index is 205. The Morgan fingerprint density at radius 3 is 2.53 bits per heavy atom. The van der Waals surface area contributed by atoms with Crippen molar-refractivity contribution in [2.45, 2.75) is 45.6 Å². The minimum Gasteiger partial charge on any atom is -0.395 e. The average molecular weight is 211 g/mol. The average Bonchev–Trinajstić information content (AvgIpc) is 2.79. The van der Waals surface area contributed by atoms with E-state index in [2.05, 4.69) is 19.2 Å². The first kappa shape index (κ1) is 11.4. The van der Waals surface area contributed by atoms with Gasteiger partial charge in [0.15, 0.2) is 0 Å². The summed E-state index contributed by atoms with van der Waals surface area (Å²) in [6.07, 6.45) is 5.86. The van der Waals surface area contributed by atoms with Crippen molar-refractivity contribution in [3.05, 3.63) is 0 Å². The third-order valence-electron chi connectivity index (χ3n) is 4.53. The van der Waals surface area contributed by atoms with Gasteiger partial charge in [-0.3, -0.25) is 0 Å². The lowest BCUT2D eigenvalue weighted by Crippen LogP contribution is -2.40. The first-order chi connectivity index (χ1) is 7.20. The molecule has 2 N–H and O–H groups in total. The van der Waals surface area contributed by atoms with Gasteiger partial charge in [-0.2, -0.15) is 0 Å². The van der Waals surface area contributed by atoms with Gasteiger partial charge in [-0.25, -0.2) is 0 Å². The Kier molecular flexibility index (Phi) is 3.68. The highest BCUT2D eigenvalue weighted by Gasteiger charge is 2.39. The highest BCUT2D eigenvalue weighted by Crippen LogP contribution is 2.47. The molecule has 2 aliphatic carbocycles. The summed E-state index contributed by atoms with van der Waals surface area (Å²) in [7, 11) is 0. The normalized spacial score (nSPS) is 36.4. The molecule has 3 unspecified atom stereocenters. The van der Waals surface area contributed by atoms with Crippen molar-refractivity contribution >= 4 is 0 Å². The molecule has 2 rings (SSSR count). The largest absolute Gasteiger partial charge is 0.395 e. The molecule has 4 atom stereocenters. The summed E-state index contributed by atoms with van der Waals surface area (Å²) in [5.41, 5.74) is 0. The number of rotatable bonds is 5. The van der Waals surface area contributed by atoms with Crippen LogP contribution in [0.1, 0.15) is 39.5 Å².